The van der Waals surface area contributed by atoms with E-state index in [2.05, 4.69) is 31.0 Å². The molecule has 0 aliphatic rings. The number of aromatic amines is 1. The van der Waals surface area contributed by atoms with Gasteiger partial charge in [-0.25, -0.2) is 8.42 Å². The third-order valence-electron chi connectivity index (χ3n) is 5.06. The minimum Gasteiger partial charge on any atom is -0.323 e. The van der Waals surface area contributed by atoms with Crippen molar-refractivity contribution in [3.05, 3.63) is 105 Å². The molecule has 0 bridgehead atoms. The average Bonchev–Trinajstić information content (AvgIpc) is 2.79. The number of sulfonamides is 1. The van der Waals surface area contributed by atoms with Gasteiger partial charge in [0.05, 0.1) is 10.6 Å². The molecule has 3 aromatic carbocycles. The van der Waals surface area contributed by atoms with E-state index in [9.17, 15) is 18.0 Å². The number of benzene rings is 3. The molecule has 4 rings (SSSR count). The highest BCUT2D eigenvalue weighted by Gasteiger charge is 2.28. The molecule has 3 N–H and O–H groups in total. The van der Waals surface area contributed by atoms with Gasteiger partial charge in [0.2, 0.25) is 21.5 Å². The molecule has 1 unspecified atom stereocenters. The maximum atomic E-state index is 13.2. The Bertz CT molecular complexity index is 1500. The van der Waals surface area contributed by atoms with E-state index in [4.69, 9.17) is 0 Å². The van der Waals surface area contributed by atoms with Crippen LogP contribution >= 0.6 is 15.9 Å². The number of hydrogen-bond acceptors (Lipinski definition) is 4. The number of halogens is 1. The minimum atomic E-state index is -4.08. The third kappa shape index (κ3) is 5.22. The zero-order valence-corrected chi connectivity index (χ0v) is 19.9. The van der Waals surface area contributed by atoms with Crippen molar-refractivity contribution in [2.75, 3.05) is 5.32 Å². The predicted molar refractivity (Wildman–Crippen MR) is 132 cm³/mol. The average molecular weight is 526 g/mol. The number of carbonyl (C=O) groups excluding carboxylic acids is 1. The normalized spacial score (nSPS) is 12.4. The summed E-state index contributed by atoms with van der Waals surface area (Å²) < 4.78 is 29.7. The molecule has 7 nitrogen and oxygen atoms in total. The Hall–Kier alpha value is -3.27. The van der Waals surface area contributed by atoms with E-state index < -0.39 is 22.0 Å². The summed E-state index contributed by atoms with van der Waals surface area (Å²) in [6.07, 6.45) is 0. The quantitative estimate of drug-likeness (QED) is 0.349. The van der Waals surface area contributed by atoms with Crippen LogP contribution in [0.4, 0.5) is 5.69 Å². The third-order valence-corrected chi connectivity index (χ3v) is 7.13. The van der Waals surface area contributed by atoms with Crippen LogP contribution in [0.3, 0.4) is 0 Å². The van der Waals surface area contributed by atoms with E-state index in [-0.39, 0.29) is 10.5 Å². The van der Waals surface area contributed by atoms with Gasteiger partial charge in [-0.3, -0.25) is 9.59 Å². The van der Waals surface area contributed by atoms with E-state index >= 15 is 0 Å². The predicted octanol–water partition coefficient (Wildman–Crippen LogP) is 4.26. The highest BCUT2D eigenvalue weighted by atomic mass is 79.9. The van der Waals surface area contributed by atoms with Gasteiger partial charge in [-0.2, -0.15) is 4.72 Å². The summed E-state index contributed by atoms with van der Waals surface area (Å²) in [5.74, 6) is -0.528. The monoisotopic (exact) mass is 525 g/mol. The van der Waals surface area contributed by atoms with Crippen LogP contribution in [0.15, 0.2) is 93.0 Å². The molecule has 0 fully saturated rings. The summed E-state index contributed by atoms with van der Waals surface area (Å²) >= 11 is 3.43. The lowest BCUT2D eigenvalue weighted by Gasteiger charge is -2.20. The molecule has 0 aliphatic heterocycles. The molecule has 0 radical (unpaired) electrons. The van der Waals surface area contributed by atoms with Crippen molar-refractivity contribution in [2.24, 2.45) is 0 Å². The molecule has 1 amide bonds. The first kappa shape index (κ1) is 22.9. The van der Waals surface area contributed by atoms with Gasteiger partial charge in [-0.05, 0) is 75.8 Å². The number of H-pyrrole nitrogens is 1. The SMILES string of the molecule is Cc1ccc(NC(=O)C(NS(=O)(=O)c2ccc3[nH]c(=O)ccc3c2)c2ccccc2)c(Br)c1. The number of pyridine rings is 1. The van der Waals surface area contributed by atoms with Crippen molar-refractivity contribution in [3.63, 3.8) is 0 Å². The lowest BCUT2D eigenvalue weighted by Crippen LogP contribution is -2.37. The number of aryl methyl sites for hydroxylation is 1. The number of anilines is 1. The molecule has 0 saturated carbocycles. The van der Waals surface area contributed by atoms with Crippen LogP contribution in [0.1, 0.15) is 17.2 Å². The van der Waals surface area contributed by atoms with Crippen molar-refractivity contribution in [1.82, 2.24) is 9.71 Å². The van der Waals surface area contributed by atoms with Crippen LogP contribution < -0.4 is 15.6 Å². The summed E-state index contributed by atoms with van der Waals surface area (Å²) in [6, 6.07) is 20.1. The molecular weight excluding hydrogens is 506 g/mol. The van der Waals surface area contributed by atoms with Gasteiger partial charge in [0.1, 0.15) is 6.04 Å². The first-order chi connectivity index (χ1) is 15.7. The number of amides is 1. The molecule has 33 heavy (non-hydrogen) atoms. The summed E-state index contributed by atoms with van der Waals surface area (Å²) in [5.41, 5.74) is 2.27. The van der Waals surface area contributed by atoms with Crippen LogP contribution in [0.25, 0.3) is 10.9 Å². The van der Waals surface area contributed by atoms with Gasteiger partial charge < -0.3 is 10.3 Å². The van der Waals surface area contributed by atoms with Gasteiger partial charge in [-0.1, -0.05) is 36.4 Å². The Kier molecular flexibility index (Phi) is 6.46. The van der Waals surface area contributed by atoms with E-state index in [1.54, 1.807) is 42.5 Å². The molecule has 1 aromatic heterocycles. The topological polar surface area (TPSA) is 108 Å². The van der Waals surface area contributed by atoms with Gasteiger partial charge in [0.25, 0.3) is 0 Å². The fourth-order valence-electron chi connectivity index (χ4n) is 3.37. The first-order valence-corrected chi connectivity index (χ1v) is 12.3. The Morgan fingerprint density at radius 2 is 1.73 bits per heavy atom. The largest absolute Gasteiger partial charge is 0.323 e. The zero-order valence-electron chi connectivity index (χ0n) is 17.5. The highest BCUT2D eigenvalue weighted by Crippen LogP contribution is 2.26. The second-order valence-corrected chi connectivity index (χ2v) is 10.1. The van der Waals surface area contributed by atoms with Gasteiger partial charge in [-0.15, -0.1) is 0 Å². The molecular formula is C24H20BrN3O4S. The molecule has 168 valence electrons. The smallest absolute Gasteiger partial charge is 0.248 e. The zero-order chi connectivity index (χ0) is 23.6. The Morgan fingerprint density at radius 3 is 2.45 bits per heavy atom. The molecule has 4 aromatic rings. The number of aromatic nitrogens is 1. The van der Waals surface area contributed by atoms with Crippen LogP contribution in [0, 0.1) is 6.92 Å². The van der Waals surface area contributed by atoms with Crippen LogP contribution in [-0.4, -0.2) is 19.3 Å². The van der Waals surface area contributed by atoms with E-state index in [0.717, 1.165) is 5.56 Å². The van der Waals surface area contributed by atoms with E-state index in [1.807, 2.05) is 19.1 Å². The van der Waals surface area contributed by atoms with Crippen LogP contribution in [-0.2, 0) is 14.8 Å². The van der Waals surface area contributed by atoms with Gasteiger partial charge in [0.15, 0.2) is 0 Å². The number of carbonyl (C=O) groups is 1. The maximum absolute atomic E-state index is 13.2. The standard InChI is InChI=1S/C24H20BrN3O4S/c1-15-7-10-21(19(25)13-15)27-24(30)23(16-5-3-2-4-6-16)28-33(31,32)18-9-11-20-17(14-18)8-12-22(29)26-20/h2-14,23,28H,1H3,(H,26,29)(H,27,30). The lowest BCUT2D eigenvalue weighted by atomic mass is 10.1. The highest BCUT2D eigenvalue weighted by molar-refractivity contribution is 9.10. The van der Waals surface area contributed by atoms with Crippen molar-refractivity contribution < 1.29 is 13.2 Å². The van der Waals surface area contributed by atoms with Crippen molar-refractivity contribution in [2.45, 2.75) is 17.9 Å². The number of hydrogen-bond donors (Lipinski definition) is 3. The maximum Gasteiger partial charge on any atom is 0.248 e. The fourth-order valence-corrected chi connectivity index (χ4v) is 5.18. The Balaban J connectivity index is 1.68. The van der Waals surface area contributed by atoms with Gasteiger partial charge in [0, 0.05) is 16.1 Å². The summed E-state index contributed by atoms with van der Waals surface area (Å²) in [7, 11) is -4.08. The second-order valence-electron chi connectivity index (χ2n) is 7.51. The van der Waals surface area contributed by atoms with E-state index in [1.165, 1.54) is 24.3 Å². The van der Waals surface area contributed by atoms with E-state index in [0.29, 0.717) is 26.6 Å². The minimum absolute atomic E-state index is 0.0210. The van der Waals surface area contributed by atoms with Gasteiger partial charge >= 0.3 is 0 Å². The van der Waals surface area contributed by atoms with Crippen LogP contribution in [0.2, 0.25) is 0 Å². The van der Waals surface area contributed by atoms with Crippen LogP contribution in [0.5, 0.6) is 0 Å². The lowest BCUT2D eigenvalue weighted by molar-refractivity contribution is -0.117. The van der Waals surface area contributed by atoms with Crippen molar-refractivity contribution in [3.8, 4) is 0 Å². The first-order valence-electron chi connectivity index (χ1n) is 10.0. The Morgan fingerprint density at radius 1 is 0.970 bits per heavy atom. The molecule has 1 atom stereocenters. The molecule has 1 heterocycles. The number of nitrogens with one attached hydrogen (secondary N) is 3. The molecule has 0 aliphatic carbocycles. The van der Waals surface area contributed by atoms with Crippen molar-refractivity contribution in [1.29, 1.82) is 0 Å². The number of rotatable bonds is 6. The summed E-state index contributed by atoms with van der Waals surface area (Å²) in [6.45, 7) is 1.93. The summed E-state index contributed by atoms with van der Waals surface area (Å²) in [5, 5.41) is 3.35. The second kappa shape index (κ2) is 9.30. The number of fused-ring (bicyclic) bond motifs is 1. The summed E-state index contributed by atoms with van der Waals surface area (Å²) in [4.78, 5) is 27.3. The molecule has 0 spiro atoms. The fraction of sp³-hybridized carbons (Fsp3) is 0.0833. The molecule has 9 heteroatoms. The molecule has 0 saturated heterocycles. The van der Waals surface area contributed by atoms with Crippen molar-refractivity contribution >= 4 is 48.5 Å². The Labute approximate surface area is 199 Å².